The fraction of sp³-hybridized carbons (Fsp3) is 0.333. The first-order valence-electron chi connectivity index (χ1n) is 6.63. The number of carbonyl (C=O) groups is 1. The van der Waals surface area contributed by atoms with Crippen LogP contribution < -0.4 is 9.47 Å². The Hall–Kier alpha value is -2.30. The first-order chi connectivity index (χ1) is 9.72. The lowest BCUT2D eigenvalue weighted by Crippen LogP contribution is -2.15. The number of hydrogen-bond donors (Lipinski definition) is 0. The maximum atomic E-state index is 12.2. The molecule has 2 heterocycles. The van der Waals surface area contributed by atoms with Crippen LogP contribution in [0.15, 0.2) is 30.6 Å². The van der Waals surface area contributed by atoms with Crippen molar-refractivity contribution in [3.8, 4) is 11.5 Å². The molecule has 104 valence electrons. The summed E-state index contributed by atoms with van der Waals surface area (Å²) in [6.45, 7) is 1.08. The number of aromatic nitrogens is 2. The van der Waals surface area contributed by atoms with Crippen LogP contribution in [-0.4, -0.2) is 28.8 Å². The number of carbonyl (C=O) groups excluding carboxylic acids is 1. The number of hydrogen-bond acceptors (Lipinski definition) is 4. The predicted molar refractivity (Wildman–Crippen MR) is 73.3 cm³/mol. The third-order valence-electron chi connectivity index (χ3n) is 3.26. The average Bonchev–Trinajstić information content (AvgIpc) is 2.90. The summed E-state index contributed by atoms with van der Waals surface area (Å²) in [5.41, 5.74) is 1.73. The molecule has 0 N–H and O–H groups in total. The molecule has 5 nitrogen and oxygen atoms in total. The van der Waals surface area contributed by atoms with Crippen LogP contribution in [0.2, 0.25) is 0 Å². The van der Waals surface area contributed by atoms with E-state index in [1.54, 1.807) is 29.1 Å². The van der Waals surface area contributed by atoms with Gasteiger partial charge in [0.25, 0.3) is 0 Å². The summed E-state index contributed by atoms with van der Waals surface area (Å²) in [4.78, 5) is 12.2. The predicted octanol–water partition coefficient (Wildman–Crippen LogP) is 2.01. The zero-order chi connectivity index (χ0) is 13.9. The molecule has 0 aliphatic carbocycles. The lowest BCUT2D eigenvalue weighted by Gasteiger charge is -2.18. The van der Waals surface area contributed by atoms with E-state index in [2.05, 4.69) is 5.10 Å². The first kappa shape index (κ1) is 12.7. The molecule has 0 saturated heterocycles. The van der Waals surface area contributed by atoms with E-state index in [1.807, 2.05) is 13.2 Å². The molecule has 1 aromatic carbocycles. The second-order valence-corrected chi connectivity index (χ2v) is 4.80. The van der Waals surface area contributed by atoms with Gasteiger partial charge in [-0.1, -0.05) is 0 Å². The number of nitrogens with zero attached hydrogens (tertiary/aromatic N) is 2. The van der Waals surface area contributed by atoms with Crippen molar-refractivity contribution in [3.63, 3.8) is 0 Å². The Bertz CT molecular complexity index is 634. The van der Waals surface area contributed by atoms with Gasteiger partial charge in [-0.2, -0.15) is 5.10 Å². The molecule has 3 rings (SSSR count). The van der Waals surface area contributed by atoms with Crippen LogP contribution in [-0.2, 0) is 13.5 Å². The minimum Gasteiger partial charge on any atom is -0.486 e. The van der Waals surface area contributed by atoms with Crippen molar-refractivity contribution in [1.82, 2.24) is 9.78 Å². The summed E-state index contributed by atoms with van der Waals surface area (Å²) in [6.07, 6.45) is 4.88. The van der Waals surface area contributed by atoms with E-state index < -0.39 is 0 Å². The van der Waals surface area contributed by atoms with Crippen LogP contribution in [0.4, 0.5) is 0 Å². The molecule has 0 fully saturated rings. The van der Waals surface area contributed by atoms with E-state index in [0.29, 0.717) is 43.1 Å². The van der Waals surface area contributed by atoms with E-state index >= 15 is 0 Å². The van der Waals surface area contributed by atoms with Crippen LogP contribution in [0.1, 0.15) is 22.3 Å². The molecule has 0 radical (unpaired) electrons. The Balaban J connectivity index is 1.67. The Labute approximate surface area is 117 Å². The number of benzene rings is 1. The average molecular weight is 272 g/mol. The van der Waals surface area contributed by atoms with Crippen molar-refractivity contribution < 1.29 is 14.3 Å². The highest BCUT2D eigenvalue weighted by molar-refractivity contribution is 5.96. The number of ketones is 1. The molecule has 5 heteroatoms. The Kier molecular flexibility index (Phi) is 3.41. The number of ether oxygens (including phenoxy) is 2. The van der Waals surface area contributed by atoms with Gasteiger partial charge >= 0.3 is 0 Å². The van der Waals surface area contributed by atoms with E-state index in [-0.39, 0.29) is 5.78 Å². The summed E-state index contributed by atoms with van der Waals surface area (Å²) in [7, 11) is 1.87. The summed E-state index contributed by atoms with van der Waals surface area (Å²) in [6, 6.07) is 5.35. The maximum absolute atomic E-state index is 12.2. The van der Waals surface area contributed by atoms with Gasteiger partial charge < -0.3 is 9.47 Å². The van der Waals surface area contributed by atoms with Gasteiger partial charge in [-0.15, -0.1) is 0 Å². The summed E-state index contributed by atoms with van der Waals surface area (Å²) in [5.74, 6) is 1.47. The molecule has 0 atom stereocenters. The highest BCUT2D eigenvalue weighted by Crippen LogP contribution is 2.31. The number of fused-ring (bicyclic) bond motifs is 1. The van der Waals surface area contributed by atoms with Gasteiger partial charge in [0.2, 0.25) is 0 Å². The smallest absolute Gasteiger partial charge is 0.163 e. The first-order valence-corrected chi connectivity index (χ1v) is 6.63. The molecule has 2 aromatic rings. The summed E-state index contributed by atoms with van der Waals surface area (Å²) < 4.78 is 12.7. The van der Waals surface area contributed by atoms with E-state index in [0.717, 1.165) is 5.56 Å². The summed E-state index contributed by atoms with van der Waals surface area (Å²) >= 11 is 0. The lowest BCUT2D eigenvalue weighted by molar-refractivity contribution is 0.0981. The van der Waals surface area contributed by atoms with E-state index in [9.17, 15) is 4.79 Å². The fourth-order valence-corrected chi connectivity index (χ4v) is 2.22. The van der Waals surface area contributed by atoms with Crippen LogP contribution >= 0.6 is 0 Å². The zero-order valence-corrected chi connectivity index (χ0v) is 11.3. The van der Waals surface area contributed by atoms with Crippen LogP contribution in [0, 0.1) is 0 Å². The van der Waals surface area contributed by atoms with Gasteiger partial charge in [0.1, 0.15) is 13.2 Å². The van der Waals surface area contributed by atoms with E-state index in [1.165, 1.54) is 0 Å². The standard InChI is InChI=1S/C15H16N2O3/c1-17-10-11(9-16-17)2-4-13(18)12-3-5-14-15(8-12)20-7-6-19-14/h3,5,8-10H,2,4,6-7H2,1H3. The van der Waals surface area contributed by atoms with Gasteiger partial charge in [-0.05, 0) is 30.2 Å². The van der Waals surface area contributed by atoms with E-state index in [4.69, 9.17) is 9.47 Å². The Morgan fingerprint density at radius 2 is 2.10 bits per heavy atom. The van der Waals surface area contributed by atoms with Gasteiger partial charge in [0.05, 0.1) is 6.20 Å². The van der Waals surface area contributed by atoms with Crippen molar-refractivity contribution in [3.05, 3.63) is 41.7 Å². The molecular formula is C15H16N2O3. The fourth-order valence-electron chi connectivity index (χ4n) is 2.22. The second kappa shape index (κ2) is 5.36. The molecule has 0 unspecified atom stereocenters. The van der Waals surface area contributed by atoms with Crippen molar-refractivity contribution in [1.29, 1.82) is 0 Å². The molecule has 20 heavy (non-hydrogen) atoms. The van der Waals surface area contributed by atoms with Crippen molar-refractivity contribution in [2.24, 2.45) is 7.05 Å². The zero-order valence-electron chi connectivity index (χ0n) is 11.3. The van der Waals surface area contributed by atoms with Gasteiger partial charge in [-0.3, -0.25) is 9.48 Å². The third-order valence-corrected chi connectivity index (χ3v) is 3.26. The molecule has 1 aliphatic heterocycles. The molecule has 0 spiro atoms. The van der Waals surface area contributed by atoms with Crippen LogP contribution in [0.25, 0.3) is 0 Å². The SMILES string of the molecule is Cn1cc(CCC(=O)c2ccc3c(c2)OCCO3)cn1. The number of Topliss-reactive ketones (excluding diaryl/α,β-unsaturated/α-hetero) is 1. The number of aryl methyl sites for hydroxylation is 2. The molecule has 1 aliphatic rings. The van der Waals surface area contributed by atoms with Gasteiger partial charge in [-0.25, -0.2) is 0 Å². The number of rotatable bonds is 4. The maximum Gasteiger partial charge on any atom is 0.163 e. The van der Waals surface area contributed by atoms with Gasteiger partial charge in [0, 0.05) is 25.2 Å². The van der Waals surface area contributed by atoms with Crippen molar-refractivity contribution in [2.45, 2.75) is 12.8 Å². The van der Waals surface area contributed by atoms with Crippen LogP contribution in [0.5, 0.6) is 11.5 Å². The molecular weight excluding hydrogens is 256 g/mol. The highest BCUT2D eigenvalue weighted by Gasteiger charge is 2.15. The minimum absolute atomic E-state index is 0.103. The highest BCUT2D eigenvalue weighted by atomic mass is 16.6. The normalized spacial score (nSPS) is 13.2. The Morgan fingerprint density at radius 1 is 1.30 bits per heavy atom. The third kappa shape index (κ3) is 2.66. The second-order valence-electron chi connectivity index (χ2n) is 4.80. The lowest BCUT2D eigenvalue weighted by atomic mass is 10.0. The van der Waals surface area contributed by atoms with Crippen LogP contribution in [0.3, 0.4) is 0 Å². The summed E-state index contributed by atoms with van der Waals surface area (Å²) in [5, 5.41) is 4.09. The molecule has 0 amide bonds. The molecule has 0 saturated carbocycles. The Morgan fingerprint density at radius 3 is 2.85 bits per heavy atom. The quantitative estimate of drug-likeness (QED) is 0.799. The van der Waals surface area contributed by atoms with Crippen molar-refractivity contribution in [2.75, 3.05) is 13.2 Å². The largest absolute Gasteiger partial charge is 0.486 e. The van der Waals surface area contributed by atoms with Crippen molar-refractivity contribution >= 4 is 5.78 Å². The van der Waals surface area contributed by atoms with Gasteiger partial charge in [0.15, 0.2) is 17.3 Å². The molecule has 1 aromatic heterocycles. The monoisotopic (exact) mass is 272 g/mol. The topological polar surface area (TPSA) is 53.4 Å². The minimum atomic E-state index is 0.103. The molecule has 0 bridgehead atoms.